The second kappa shape index (κ2) is 5.91. The van der Waals surface area contributed by atoms with Gasteiger partial charge in [-0.2, -0.15) is 0 Å². The summed E-state index contributed by atoms with van der Waals surface area (Å²) in [5.74, 6) is -2.12. The highest BCUT2D eigenvalue weighted by atomic mass is 16.6. The zero-order chi connectivity index (χ0) is 19.2. The quantitative estimate of drug-likeness (QED) is 0.362. The molecular weight excluding hydrogens is 340 g/mol. The van der Waals surface area contributed by atoms with Crippen molar-refractivity contribution in [1.29, 1.82) is 0 Å². The average Bonchev–Trinajstić information content (AvgIpc) is 2.54. The van der Waals surface area contributed by atoms with Crippen LogP contribution in [0.3, 0.4) is 0 Å². The van der Waals surface area contributed by atoms with E-state index >= 15 is 0 Å². The number of carbonyl (C=O) groups excluding carboxylic acids is 3. The number of amides is 2. The zero-order valence-corrected chi connectivity index (χ0v) is 14.4. The fraction of sp³-hybridized carbons (Fsp3) is 0.278. The standard InChI is InChI=1S/C18H16N2O6/c1-18(2,3)26-14(21)9-19-16(22)12-6-4-5-10-7-11(20(24)25)8-13(15(10)12)17(19)23/h4-8H,9H2,1-3H3. The molecule has 0 N–H and O–H groups in total. The number of hydrogen-bond acceptors (Lipinski definition) is 6. The van der Waals surface area contributed by atoms with Gasteiger partial charge in [-0.25, -0.2) is 0 Å². The molecule has 0 atom stereocenters. The smallest absolute Gasteiger partial charge is 0.326 e. The van der Waals surface area contributed by atoms with Gasteiger partial charge in [0.25, 0.3) is 17.5 Å². The van der Waals surface area contributed by atoms with Gasteiger partial charge in [-0.3, -0.25) is 29.4 Å². The van der Waals surface area contributed by atoms with Gasteiger partial charge < -0.3 is 4.74 Å². The van der Waals surface area contributed by atoms with Gasteiger partial charge in [-0.05, 0) is 32.2 Å². The number of carbonyl (C=O) groups is 3. The van der Waals surface area contributed by atoms with Crippen LogP contribution >= 0.6 is 0 Å². The van der Waals surface area contributed by atoms with Crippen molar-refractivity contribution in [3.05, 3.63) is 51.6 Å². The number of benzene rings is 2. The number of non-ortho nitro benzene ring substituents is 1. The molecule has 2 amide bonds. The summed E-state index contributed by atoms with van der Waals surface area (Å²) in [5.41, 5.74) is -0.788. The summed E-state index contributed by atoms with van der Waals surface area (Å²) in [6.45, 7) is 4.45. The number of nitro groups is 1. The molecule has 0 aromatic heterocycles. The Balaban J connectivity index is 2.08. The molecule has 2 aromatic carbocycles. The normalized spacial score (nSPS) is 13.9. The largest absolute Gasteiger partial charge is 0.459 e. The van der Waals surface area contributed by atoms with Gasteiger partial charge in [0.15, 0.2) is 0 Å². The monoisotopic (exact) mass is 356 g/mol. The van der Waals surface area contributed by atoms with Crippen molar-refractivity contribution < 1.29 is 24.0 Å². The van der Waals surface area contributed by atoms with Crippen LogP contribution in [0.1, 0.15) is 41.5 Å². The summed E-state index contributed by atoms with van der Waals surface area (Å²) in [4.78, 5) is 48.8. The van der Waals surface area contributed by atoms with E-state index in [1.807, 2.05) is 0 Å². The number of esters is 1. The Kier molecular flexibility index (Phi) is 3.98. The lowest BCUT2D eigenvalue weighted by molar-refractivity contribution is -0.384. The minimum Gasteiger partial charge on any atom is -0.459 e. The third-order valence-corrected chi connectivity index (χ3v) is 3.83. The van der Waals surface area contributed by atoms with Crippen LogP contribution in [-0.4, -0.2) is 39.8 Å². The number of imide groups is 1. The molecule has 1 heterocycles. The molecule has 0 unspecified atom stereocenters. The molecule has 0 aliphatic carbocycles. The highest BCUT2D eigenvalue weighted by molar-refractivity contribution is 6.26. The summed E-state index contributed by atoms with van der Waals surface area (Å²) in [6.07, 6.45) is 0. The number of nitro benzene ring substituents is 1. The lowest BCUT2D eigenvalue weighted by atomic mass is 9.93. The van der Waals surface area contributed by atoms with Crippen molar-refractivity contribution in [3.63, 3.8) is 0 Å². The fourth-order valence-corrected chi connectivity index (χ4v) is 2.89. The van der Waals surface area contributed by atoms with E-state index in [1.165, 1.54) is 12.1 Å². The van der Waals surface area contributed by atoms with Gasteiger partial charge in [-0.1, -0.05) is 12.1 Å². The molecule has 0 saturated carbocycles. The maximum Gasteiger partial charge on any atom is 0.326 e. The molecule has 134 valence electrons. The molecule has 1 aliphatic rings. The lowest BCUT2D eigenvalue weighted by Gasteiger charge is -2.27. The van der Waals surface area contributed by atoms with Gasteiger partial charge >= 0.3 is 5.97 Å². The first-order chi connectivity index (χ1) is 12.1. The van der Waals surface area contributed by atoms with Crippen molar-refractivity contribution in [2.45, 2.75) is 26.4 Å². The summed E-state index contributed by atoms with van der Waals surface area (Å²) in [5, 5.41) is 11.9. The Hall–Kier alpha value is -3.29. The highest BCUT2D eigenvalue weighted by Crippen LogP contribution is 2.33. The first kappa shape index (κ1) is 17.5. The Bertz CT molecular complexity index is 974. The predicted molar refractivity (Wildman–Crippen MR) is 91.8 cm³/mol. The van der Waals surface area contributed by atoms with Gasteiger partial charge in [-0.15, -0.1) is 0 Å². The third kappa shape index (κ3) is 3.01. The SMILES string of the molecule is CC(C)(C)OC(=O)CN1C(=O)c2cccc3cc([N+](=O)[O-])cc(c23)C1=O. The summed E-state index contributed by atoms with van der Waals surface area (Å²) >= 11 is 0. The van der Waals surface area contributed by atoms with Crippen LogP contribution in [0.5, 0.6) is 0 Å². The van der Waals surface area contributed by atoms with Gasteiger partial charge in [0, 0.05) is 23.1 Å². The van der Waals surface area contributed by atoms with Crippen LogP contribution in [0.2, 0.25) is 0 Å². The van der Waals surface area contributed by atoms with Crippen LogP contribution in [0.15, 0.2) is 30.3 Å². The Morgan fingerprint density at radius 1 is 1.15 bits per heavy atom. The molecule has 0 spiro atoms. The van der Waals surface area contributed by atoms with Crippen LogP contribution in [-0.2, 0) is 9.53 Å². The third-order valence-electron chi connectivity index (χ3n) is 3.83. The first-order valence-electron chi connectivity index (χ1n) is 7.88. The van der Waals surface area contributed by atoms with Crippen LogP contribution in [0, 0.1) is 10.1 Å². The van der Waals surface area contributed by atoms with E-state index in [-0.39, 0.29) is 16.8 Å². The summed E-state index contributed by atoms with van der Waals surface area (Å²) < 4.78 is 5.17. The van der Waals surface area contributed by atoms with Crippen LogP contribution < -0.4 is 0 Å². The average molecular weight is 356 g/mol. The predicted octanol–water partition coefficient (Wildman–Crippen LogP) is 2.69. The molecule has 0 bridgehead atoms. The molecule has 0 saturated heterocycles. The maximum absolute atomic E-state index is 12.8. The Morgan fingerprint density at radius 3 is 2.42 bits per heavy atom. The van der Waals surface area contributed by atoms with Crippen molar-refractivity contribution in [3.8, 4) is 0 Å². The number of nitrogens with zero attached hydrogens (tertiary/aromatic N) is 2. The minimum atomic E-state index is -0.768. The van der Waals surface area contributed by atoms with E-state index in [0.29, 0.717) is 10.8 Å². The van der Waals surface area contributed by atoms with E-state index in [2.05, 4.69) is 0 Å². The number of rotatable bonds is 3. The molecule has 2 aromatic rings. The Morgan fingerprint density at radius 2 is 1.81 bits per heavy atom. The van der Waals surface area contributed by atoms with E-state index in [1.54, 1.807) is 32.9 Å². The maximum atomic E-state index is 12.8. The van der Waals surface area contributed by atoms with Crippen LogP contribution in [0.4, 0.5) is 5.69 Å². The topological polar surface area (TPSA) is 107 Å². The second-order valence-electron chi connectivity index (χ2n) is 6.94. The zero-order valence-electron chi connectivity index (χ0n) is 14.4. The lowest BCUT2D eigenvalue weighted by Crippen LogP contribution is -2.44. The van der Waals surface area contributed by atoms with Crippen molar-refractivity contribution in [1.82, 2.24) is 4.90 Å². The Labute approximate surface area is 148 Å². The number of ether oxygens (including phenoxy) is 1. The molecule has 26 heavy (non-hydrogen) atoms. The molecular formula is C18H16N2O6. The molecule has 8 heteroatoms. The van der Waals surface area contributed by atoms with E-state index < -0.39 is 34.9 Å². The molecule has 0 fully saturated rings. The van der Waals surface area contributed by atoms with Gasteiger partial charge in [0.1, 0.15) is 12.1 Å². The molecule has 0 radical (unpaired) electrons. The van der Waals surface area contributed by atoms with Crippen molar-refractivity contribution in [2.24, 2.45) is 0 Å². The van der Waals surface area contributed by atoms with E-state index in [4.69, 9.17) is 4.74 Å². The summed E-state index contributed by atoms with van der Waals surface area (Å²) in [7, 11) is 0. The first-order valence-corrected chi connectivity index (χ1v) is 7.88. The van der Waals surface area contributed by atoms with Crippen molar-refractivity contribution in [2.75, 3.05) is 6.54 Å². The second-order valence-corrected chi connectivity index (χ2v) is 6.94. The molecule has 8 nitrogen and oxygen atoms in total. The molecule has 3 rings (SSSR count). The summed E-state index contributed by atoms with van der Waals surface area (Å²) in [6, 6.07) is 7.13. The van der Waals surface area contributed by atoms with Gasteiger partial charge in [0.2, 0.25) is 0 Å². The van der Waals surface area contributed by atoms with Gasteiger partial charge in [0.05, 0.1) is 10.5 Å². The minimum absolute atomic E-state index is 0.0213. The molecule has 1 aliphatic heterocycles. The van der Waals surface area contributed by atoms with E-state index in [0.717, 1.165) is 11.0 Å². The van der Waals surface area contributed by atoms with E-state index in [9.17, 15) is 24.5 Å². The number of hydrogen-bond donors (Lipinski definition) is 0. The fourth-order valence-electron chi connectivity index (χ4n) is 2.89. The van der Waals surface area contributed by atoms with Crippen molar-refractivity contribution >= 4 is 34.2 Å². The highest BCUT2D eigenvalue weighted by Gasteiger charge is 2.36. The van der Waals surface area contributed by atoms with Crippen LogP contribution in [0.25, 0.3) is 10.8 Å².